The van der Waals surface area contributed by atoms with Crippen molar-refractivity contribution in [2.45, 2.75) is 50.5 Å². The lowest BCUT2D eigenvalue weighted by Crippen LogP contribution is -2.40. The molecule has 156 valence electrons. The first-order valence-electron chi connectivity index (χ1n) is 9.22. The zero-order chi connectivity index (χ0) is 21.0. The first-order chi connectivity index (χ1) is 13.7. The van der Waals surface area contributed by atoms with Crippen molar-refractivity contribution in [3.63, 3.8) is 0 Å². The summed E-state index contributed by atoms with van der Waals surface area (Å²) in [6.07, 6.45) is 2.58. The molecular weight excluding hydrogens is 380 g/mol. The molecule has 2 fully saturated rings. The maximum Gasteiger partial charge on any atom is 0.330 e. The molecule has 0 spiro atoms. The fraction of sp³-hybridized carbons (Fsp3) is 0.526. The van der Waals surface area contributed by atoms with Crippen LogP contribution in [0.1, 0.15) is 38.1 Å². The topological polar surface area (TPSA) is 130 Å². The van der Waals surface area contributed by atoms with Gasteiger partial charge in [0.15, 0.2) is 11.6 Å². The summed E-state index contributed by atoms with van der Waals surface area (Å²) < 4.78 is 24.6. The molecule has 0 amide bonds. The number of rotatable bonds is 4. The smallest absolute Gasteiger partial charge is 0.330 e. The van der Waals surface area contributed by atoms with Crippen molar-refractivity contribution >= 4 is 23.4 Å². The van der Waals surface area contributed by atoms with Crippen LogP contribution >= 0.6 is 0 Å². The molecule has 1 unspecified atom stereocenters. The summed E-state index contributed by atoms with van der Waals surface area (Å²) in [6, 6.07) is 1.81. The summed E-state index contributed by atoms with van der Waals surface area (Å²) in [5.74, 6) is -1.08. The molecule has 3 N–H and O–H groups in total. The quantitative estimate of drug-likeness (QED) is 0.562. The van der Waals surface area contributed by atoms with Crippen molar-refractivity contribution in [3.05, 3.63) is 29.7 Å². The molecule has 4 atom stereocenters. The predicted octanol–water partition coefficient (Wildman–Crippen LogP) is 0.840. The lowest BCUT2D eigenvalue weighted by molar-refractivity contribution is -0.207. The number of hydrogen-bond acceptors (Lipinski definition) is 9. The summed E-state index contributed by atoms with van der Waals surface area (Å²) in [7, 11) is 1.30. The molecule has 2 aliphatic rings. The number of ether oxygens (including phenoxy) is 4. The van der Waals surface area contributed by atoms with Gasteiger partial charge < -0.3 is 29.8 Å². The monoisotopic (exact) mass is 404 g/mol. The average molecular weight is 404 g/mol. The van der Waals surface area contributed by atoms with Crippen LogP contribution in [-0.4, -0.2) is 63.0 Å². The zero-order valence-electron chi connectivity index (χ0n) is 16.7. The number of nitrogens with two attached hydrogens (primary N) is 1. The Morgan fingerprint density at radius 3 is 2.90 bits per heavy atom. The maximum absolute atomic E-state index is 11.6. The van der Waals surface area contributed by atoms with Gasteiger partial charge >= 0.3 is 5.97 Å². The standard InChI is InChI=1S/C19H24N4O6/c1-18(2)28-16-12(8-24)27-15(19(16,3)29-18)11-7-10(5-6-13(25)26-4)14-17(20)21-9-22-23(11)14/h5-7,9,12,15-16,24H,8H2,1-4H3,(H2,20,21,22)/b6-5+/t12?,15-,16+,19-/m0/s1. The molecule has 2 aromatic heterocycles. The van der Waals surface area contributed by atoms with Crippen LogP contribution in [0.2, 0.25) is 0 Å². The lowest BCUT2D eigenvalue weighted by Gasteiger charge is -2.29. The summed E-state index contributed by atoms with van der Waals surface area (Å²) in [4.78, 5) is 15.6. The Morgan fingerprint density at radius 2 is 2.21 bits per heavy atom. The molecule has 10 nitrogen and oxygen atoms in total. The van der Waals surface area contributed by atoms with Crippen LogP contribution in [0.4, 0.5) is 5.82 Å². The van der Waals surface area contributed by atoms with Crippen LogP contribution in [0.25, 0.3) is 11.6 Å². The number of aromatic nitrogens is 3. The molecule has 2 saturated heterocycles. The third-order valence-corrected chi connectivity index (χ3v) is 5.30. The largest absolute Gasteiger partial charge is 0.466 e. The molecule has 4 rings (SSSR count). The summed E-state index contributed by atoms with van der Waals surface area (Å²) in [6.45, 7) is 5.32. The van der Waals surface area contributed by atoms with E-state index in [-0.39, 0.29) is 12.4 Å². The van der Waals surface area contributed by atoms with E-state index in [1.54, 1.807) is 16.7 Å². The van der Waals surface area contributed by atoms with Crippen molar-refractivity contribution in [1.82, 2.24) is 14.6 Å². The number of aliphatic hydroxyl groups is 1. The molecule has 29 heavy (non-hydrogen) atoms. The third-order valence-electron chi connectivity index (χ3n) is 5.30. The van der Waals surface area contributed by atoms with E-state index < -0.39 is 35.7 Å². The predicted molar refractivity (Wildman–Crippen MR) is 102 cm³/mol. The molecular formula is C19H24N4O6. The Bertz CT molecular complexity index is 986. The minimum absolute atomic E-state index is 0.217. The minimum Gasteiger partial charge on any atom is -0.466 e. The van der Waals surface area contributed by atoms with Crippen molar-refractivity contribution in [1.29, 1.82) is 0 Å². The minimum atomic E-state index is -0.867. The normalized spacial score (nSPS) is 30.9. The van der Waals surface area contributed by atoms with E-state index in [1.807, 2.05) is 20.8 Å². The molecule has 0 aromatic carbocycles. The first kappa shape index (κ1) is 19.8. The number of esters is 1. The van der Waals surface area contributed by atoms with Crippen LogP contribution < -0.4 is 5.73 Å². The van der Waals surface area contributed by atoms with E-state index in [0.29, 0.717) is 16.8 Å². The third kappa shape index (κ3) is 3.08. The highest BCUT2D eigenvalue weighted by Crippen LogP contribution is 2.53. The number of anilines is 1. The van der Waals surface area contributed by atoms with Crippen LogP contribution in [0, 0.1) is 0 Å². The van der Waals surface area contributed by atoms with E-state index in [1.165, 1.54) is 19.5 Å². The highest BCUT2D eigenvalue weighted by atomic mass is 16.8. The molecule has 0 saturated carbocycles. The van der Waals surface area contributed by atoms with Gasteiger partial charge in [-0.05, 0) is 32.9 Å². The number of methoxy groups -OCH3 is 1. The number of fused-ring (bicyclic) bond motifs is 2. The summed E-state index contributed by atoms with van der Waals surface area (Å²) in [5.41, 5.74) is 7.01. The van der Waals surface area contributed by atoms with Gasteiger partial charge in [0.2, 0.25) is 0 Å². The fourth-order valence-electron chi connectivity index (χ4n) is 4.23. The second-order valence-corrected chi connectivity index (χ2v) is 7.75. The van der Waals surface area contributed by atoms with E-state index >= 15 is 0 Å². The molecule has 2 aromatic rings. The molecule has 10 heteroatoms. The molecule has 0 radical (unpaired) electrons. The molecule has 0 bridgehead atoms. The summed E-state index contributed by atoms with van der Waals surface area (Å²) in [5, 5.41) is 14.1. The van der Waals surface area contributed by atoms with E-state index in [2.05, 4.69) is 14.8 Å². The SMILES string of the molecule is COC(=O)/C=C/c1cc([C@@H]2OC(CO)[C@H]3OC(C)(C)O[C@]32C)n2ncnc(N)c12. The van der Waals surface area contributed by atoms with Gasteiger partial charge in [-0.25, -0.2) is 14.3 Å². The molecule has 2 aliphatic heterocycles. The Morgan fingerprint density at radius 1 is 1.45 bits per heavy atom. The summed E-state index contributed by atoms with van der Waals surface area (Å²) >= 11 is 0. The Labute approximate surface area is 167 Å². The highest BCUT2D eigenvalue weighted by Gasteiger charge is 2.64. The highest BCUT2D eigenvalue weighted by molar-refractivity contribution is 5.90. The number of nitrogens with zero attached hydrogens (tertiary/aromatic N) is 3. The van der Waals surface area contributed by atoms with Gasteiger partial charge in [0.25, 0.3) is 0 Å². The van der Waals surface area contributed by atoms with Crippen molar-refractivity contribution in [2.24, 2.45) is 0 Å². The van der Waals surface area contributed by atoms with E-state index in [9.17, 15) is 9.90 Å². The number of aliphatic hydroxyl groups excluding tert-OH is 1. The second-order valence-electron chi connectivity index (χ2n) is 7.75. The van der Waals surface area contributed by atoms with Crippen LogP contribution in [0.3, 0.4) is 0 Å². The van der Waals surface area contributed by atoms with Gasteiger partial charge in [-0.2, -0.15) is 5.10 Å². The average Bonchev–Trinajstić information content (AvgIpc) is 3.24. The van der Waals surface area contributed by atoms with Gasteiger partial charge in [0.05, 0.1) is 19.4 Å². The van der Waals surface area contributed by atoms with Crippen LogP contribution in [-0.2, 0) is 23.7 Å². The Balaban J connectivity index is 1.85. The fourth-order valence-corrected chi connectivity index (χ4v) is 4.23. The van der Waals surface area contributed by atoms with Gasteiger partial charge in [-0.15, -0.1) is 0 Å². The van der Waals surface area contributed by atoms with Crippen molar-refractivity contribution < 1.29 is 28.8 Å². The number of hydrogen-bond donors (Lipinski definition) is 2. The van der Waals surface area contributed by atoms with Gasteiger partial charge in [0, 0.05) is 11.6 Å². The maximum atomic E-state index is 11.6. The van der Waals surface area contributed by atoms with E-state index in [4.69, 9.17) is 19.9 Å². The van der Waals surface area contributed by atoms with Gasteiger partial charge in [-0.1, -0.05) is 0 Å². The molecule has 4 heterocycles. The van der Waals surface area contributed by atoms with Crippen LogP contribution in [0.15, 0.2) is 18.5 Å². The lowest BCUT2D eigenvalue weighted by atomic mass is 9.91. The van der Waals surface area contributed by atoms with Gasteiger partial charge in [-0.3, -0.25) is 0 Å². The number of carbonyl (C=O) groups excluding carboxylic acids is 1. The van der Waals surface area contributed by atoms with Gasteiger partial charge in [0.1, 0.15) is 35.8 Å². The number of nitrogen functional groups attached to an aromatic ring is 1. The van der Waals surface area contributed by atoms with Crippen molar-refractivity contribution in [2.75, 3.05) is 19.5 Å². The zero-order valence-corrected chi connectivity index (χ0v) is 16.7. The molecule has 0 aliphatic carbocycles. The van der Waals surface area contributed by atoms with E-state index in [0.717, 1.165) is 0 Å². The van der Waals surface area contributed by atoms with Crippen LogP contribution in [0.5, 0.6) is 0 Å². The Kier molecular flexibility index (Phi) is 4.61. The Hall–Kier alpha value is -2.53. The number of carbonyl (C=O) groups is 1. The van der Waals surface area contributed by atoms with Crippen molar-refractivity contribution in [3.8, 4) is 0 Å². The first-order valence-corrected chi connectivity index (χ1v) is 9.22. The second kappa shape index (κ2) is 6.77.